The van der Waals surface area contributed by atoms with Crippen molar-refractivity contribution in [3.05, 3.63) is 29.8 Å². The second-order valence-electron chi connectivity index (χ2n) is 3.80. The van der Waals surface area contributed by atoms with Crippen LogP contribution in [0.2, 0.25) is 0 Å². The number of rotatable bonds is 6. The molecule has 0 heterocycles. The van der Waals surface area contributed by atoms with E-state index < -0.39 is 18.8 Å². The van der Waals surface area contributed by atoms with Crippen LogP contribution in [0.3, 0.4) is 0 Å². The Hall–Kier alpha value is -0.910. The highest BCUT2D eigenvalue weighted by Crippen LogP contribution is 2.28. The molecule has 0 aliphatic carbocycles. The number of hydrogen-bond acceptors (Lipinski definition) is 3. The van der Waals surface area contributed by atoms with Crippen molar-refractivity contribution >= 4 is 12.4 Å². The van der Waals surface area contributed by atoms with E-state index in [2.05, 4.69) is 4.74 Å². The van der Waals surface area contributed by atoms with Gasteiger partial charge in [-0.2, -0.15) is 8.78 Å². The monoisotopic (exact) mass is 281 g/mol. The van der Waals surface area contributed by atoms with E-state index in [0.29, 0.717) is 12.0 Å². The summed E-state index contributed by atoms with van der Waals surface area (Å²) in [6.45, 7) is -0.982. The van der Waals surface area contributed by atoms with Crippen molar-refractivity contribution in [3.63, 3.8) is 0 Å². The topological polar surface area (TPSA) is 55.5 Å². The minimum absolute atomic E-state index is 0. The third-order valence-electron chi connectivity index (χ3n) is 2.49. The van der Waals surface area contributed by atoms with Gasteiger partial charge in [-0.25, -0.2) is 0 Å². The molecule has 0 fully saturated rings. The van der Waals surface area contributed by atoms with Gasteiger partial charge in [0.2, 0.25) is 0 Å². The van der Waals surface area contributed by atoms with Crippen LogP contribution in [0, 0.1) is 0 Å². The van der Waals surface area contributed by atoms with Crippen LogP contribution < -0.4 is 10.5 Å². The lowest BCUT2D eigenvalue weighted by atomic mass is 9.98. The molecular formula is C12H18ClF2NO2. The lowest BCUT2D eigenvalue weighted by molar-refractivity contribution is -0.0510. The van der Waals surface area contributed by atoms with Crippen molar-refractivity contribution in [1.29, 1.82) is 0 Å². The lowest BCUT2D eigenvalue weighted by Crippen LogP contribution is -2.26. The molecule has 104 valence electrons. The van der Waals surface area contributed by atoms with Gasteiger partial charge in [-0.3, -0.25) is 0 Å². The highest BCUT2D eigenvalue weighted by molar-refractivity contribution is 5.85. The minimum atomic E-state index is -2.90. The first-order valence-corrected chi connectivity index (χ1v) is 5.53. The van der Waals surface area contributed by atoms with Gasteiger partial charge >= 0.3 is 6.61 Å². The predicted molar refractivity (Wildman–Crippen MR) is 68.2 cm³/mol. The van der Waals surface area contributed by atoms with Crippen LogP contribution in [0.5, 0.6) is 5.75 Å². The van der Waals surface area contributed by atoms with Crippen LogP contribution in [0.25, 0.3) is 0 Å². The first-order valence-electron chi connectivity index (χ1n) is 5.53. The number of ether oxygens (including phenoxy) is 1. The van der Waals surface area contributed by atoms with Crippen LogP contribution in [-0.2, 0) is 0 Å². The fraction of sp³-hybridized carbons (Fsp3) is 0.500. The Labute approximate surface area is 111 Å². The molecule has 0 radical (unpaired) electrons. The van der Waals surface area contributed by atoms with Crippen molar-refractivity contribution < 1.29 is 18.6 Å². The summed E-state index contributed by atoms with van der Waals surface area (Å²) >= 11 is 0. The van der Waals surface area contributed by atoms with Crippen LogP contribution in [0.15, 0.2) is 24.3 Å². The molecule has 0 saturated heterocycles. The second-order valence-corrected chi connectivity index (χ2v) is 3.80. The Bertz CT molecular complexity index is 353. The molecule has 0 unspecified atom stereocenters. The zero-order valence-corrected chi connectivity index (χ0v) is 10.9. The average molecular weight is 282 g/mol. The number of nitrogens with two attached hydrogens (primary N) is 1. The van der Waals surface area contributed by atoms with Gasteiger partial charge in [-0.1, -0.05) is 31.5 Å². The van der Waals surface area contributed by atoms with E-state index in [1.807, 2.05) is 6.92 Å². The molecule has 0 aliphatic rings. The van der Waals surface area contributed by atoms with E-state index in [9.17, 15) is 13.9 Å². The molecule has 1 rings (SSSR count). The molecule has 3 nitrogen and oxygen atoms in total. The summed E-state index contributed by atoms with van der Waals surface area (Å²) in [5.41, 5.74) is 6.22. The fourth-order valence-corrected chi connectivity index (χ4v) is 1.64. The summed E-state index contributed by atoms with van der Waals surface area (Å²) in [6, 6.07) is 5.54. The maximum Gasteiger partial charge on any atom is 0.387 e. The average Bonchev–Trinajstić information content (AvgIpc) is 2.28. The molecule has 2 atom stereocenters. The molecule has 18 heavy (non-hydrogen) atoms. The fourth-order valence-electron chi connectivity index (χ4n) is 1.64. The molecule has 1 aromatic carbocycles. The molecule has 1 aromatic rings. The Balaban J connectivity index is 0.00000289. The van der Waals surface area contributed by atoms with Crippen molar-refractivity contribution in [2.24, 2.45) is 5.73 Å². The van der Waals surface area contributed by atoms with Crippen LogP contribution >= 0.6 is 12.4 Å². The first kappa shape index (κ1) is 17.1. The smallest absolute Gasteiger partial charge is 0.387 e. The van der Waals surface area contributed by atoms with Crippen molar-refractivity contribution in [3.8, 4) is 5.75 Å². The number of para-hydroxylation sites is 1. The number of aliphatic hydroxyl groups excluding tert-OH is 1. The Kier molecular flexibility index (Phi) is 7.82. The SMILES string of the molecule is CCC[C@H](O)[C@H](N)c1ccccc1OC(F)F.Cl. The zero-order chi connectivity index (χ0) is 12.8. The van der Waals surface area contributed by atoms with Gasteiger partial charge < -0.3 is 15.6 Å². The maximum atomic E-state index is 12.2. The lowest BCUT2D eigenvalue weighted by Gasteiger charge is -2.21. The third kappa shape index (κ3) is 4.76. The number of benzene rings is 1. The highest BCUT2D eigenvalue weighted by Gasteiger charge is 2.20. The van der Waals surface area contributed by atoms with E-state index in [-0.39, 0.29) is 18.2 Å². The van der Waals surface area contributed by atoms with Crippen LogP contribution in [0.1, 0.15) is 31.4 Å². The molecular weight excluding hydrogens is 264 g/mol. The van der Waals surface area contributed by atoms with Gasteiger partial charge in [0.05, 0.1) is 12.1 Å². The maximum absolute atomic E-state index is 12.2. The molecule has 0 saturated carbocycles. The summed E-state index contributed by atoms with van der Waals surface area (Å²) in [5.74, 6) is 0.0187. The van der Waals surface area contributed by atoms with Gasteiger partial charge in [0, 0.05) is 5.56 Å². The van der Waals surface area contributed by atoms with Gasteiger partial charge in [-0.15, -0.1) is 12.4 Å². The van der Waals surface area contributed by atoms with Crippen molar-refractivity contribution in [2.45, 2.75) is 38.5 Å². The van der Waals surface area contributed by atoms with Gasteiger partial charge in [0.15, 0.2) is 0 Å². The number of halogens is 3. The molecule has 0 aromatic heterocycles. The van der Waals surface area contributed by atoms with E-state index >= 15 is 0 Å². The number of hydrogen-bond donors (Lipinski definition) is 2. The molecule has 0 aliphatic heterocycles. The summed E-state index contributed by atoms with van der Waals surface area (Å²) in [5, 5.41) is 9.76. The molecule has 0 amide bonds. The van der Waals surface area contributed by atoms with Crippen LogP contribution in [0.4, 0.5) is 8.78 Å². The number of alkyl halides is 2. The van der Waals surface area contributed by atoms with Crippen LogP contribution in [-0.4, -0.2) is 17.8 Å². The van der Waals surface area contributed by atoms with Crippen molar-refractivity contribution in [1.82, 2.24) is 0 Å². The highest BCUT2D eigenvalue weighted by atomic mass is 35.5. The predicted octanol–water partition coefficient (Wildman–Crippen LogP) is 2.87. The molecule has 3 N–H and O–H groups in total. The van der Waals surface area contributed by atoms with Gasteiger partial charge in [-0.05, 0) is 12.5 Å². The largest absolute Gasteiger partial charge is 0.434 e. The van der Waals surface area contributed by atoms with E-state index in [4.69, 9.17) is 5.73 Å². The Morgan fingerprint density at radius 3 is 2.50 bits per heavy atom. The normalized spacial score (nSPS) is 13.9. The minimum Gasteiger partial charge on any atom is -0.434 e. The quantitative estimate of drug-likeness (QED) is 0.843. The molecule has 0 bridgehead atoms. The van der Waals surface area contributed by atoms with Gasteiger partial charge in [0.1, 0.15) is 5.75 Å². The van der Waals surface area contributed by atoms with E-state index in [1.54, 1.807) is 18.2 Å². The zero-order valence-electron chi connectivity index (χ0n) is 10.1. The van der Waals surface area contributed by atoms with E-state index in [0.717, 1.165) is 6.42 Å². The molecule has 0 spiro atoms. The van der Waals surface area contributed by atoms with Crippen molar-refractivity contribution in [2.75, 3.05) is 0 Å². The molecule has 6 heteroatoms. The Morgan fingerprint density at radius 1 is 1.33 bits per heavy atom. The second kappa shape index (κ2) is 8.24. The third-order valence-corrected chi connectivity index (χ3v) is 2.49. The summed E-state index contributed by atoms with van der Waals surface area (Å²) < 4.78 is 28.7. The summed E-state index contributed by atoms with van der Waals surface area (Å²) in [4.78, 5) is 0. The summed E-state index contributed by atoms with van der Waals surface area (Å²) in [7, 11) is 0. The van der Waals surface area contributed by atoms with Gasteiger partial charge in [0.25, 0.3) is 0 Å². The number of aliphatic hydroxyl groups is 1. The Morgan fingerprint density at radius 2 is 1.94 bits per heavy atom. The first-order chi connectivity index (χ1) is 8.06. The summed E-state index contributed by atoms with van der Waals surface area (Å²) in [6.07, 6.45) is 0.527. The van der Waals surface area contributed by atoms with E-state index in [1.165, 1.54) is 6.07 Å². The standard InChI is InChI=1S/C12H17F2NO2.ClH/c1-2-5-9(16)11(15)8-6-3-4-7-10(8)17-12(13)14;/h3-4,6-7,9,11-12,16H,2,5,15H2,1H3;1H/t9-,11+;/m0./s1.